The molecule has 0 aliphatic carbocycles. The standard InChI is InChI=1S/C15H15N3O2/c1-11-4-3-9-18-15(11)16-14(17-18)10-20-13-7-5-12(19-2)6-8-13/h3-9H,10H2,1-2H3. The molecule has 0 radical (unpaired) electrons. The van der Waals surface area contributed by atoms with E-state index in [4.69, 9.17) is 9.47 Å². The van der Waals surface area contributed by atoms with E-state index in [-0.39, 0.29) is 0 Å². The average molecular weight is 269 g/mol. The number of benzene rings is 1. The Morgan fingerprint density at radius 2 is 1.85 bits per heavy atom. The molecule has 3 rings (SSSR count). The lowest BCUT2D eigenvalue weighted by Crippen LogP contribution is -1.98. The maximum atomic E-state index is 5.67. The molecular formula is C15H15N3O2. The van der Waals surface area contributed by atoms with Crippen molar-refractivity contribution in [2.24, 2.45) is 0 Å². The van der Waals surface area contributed by atoms with Gasteiger partial charge in [-0.3, -0.25) is 0 Å². The summed E-state index contributed by atoms with van der Waals surface area (Å²) < 4.78 is 12.5. The zero-order chi connectivity index (χ0) is 13.9. The van der Waals surface area contributed by atoms with E-state index in [0.29, 0.717) is 12.4 Å². The summed E-state index contributed by atoms with van der Waals surface area (Å²) in [5.74, 6) is 2.23. The zero-order valence-corrected chi connectivity index (χ0v) is 11.4. The number of aryl methyl sites for hydroxylation is 1. The van der Waals surface area contributed by atoms with Gasteiger partial charge in [-0.15, -0.1) is 5.10 Å². The fraction of sp³-hybridized carbons (Fsp3) is 0.200. The number of nitrogens with zero attached hydrogens (tertiary/aromatic N) is 3. The van der Waals surface area contributed by atoms with E-state index in [2.05, 4.69) is 10.1 Å². The molecule has 20 heavy (non-hydrogen) atoms. The van der Waals surface area contributed by atoms with Gasteiger partial charge in [0.15, 0.2) is 11.5 Å². The number of pyridine rings is 1. The van der Waals surface area contributed by atoms with Crippen LogP contribution in [0.1, 0.15) is 11.4 Å². The first-order valence-electron chi connectivity index (χ1n) is 6.34. The van der Waals surface area contributed by atoms with Crippen molar-refractivity contribution in [3.8, 4) is 11.5 Å². The highest BCUT2D eigenvalue weighted by Crippen LogP contribution is 2.18. The first-order chi connectivity index (χ1) is 9.76. The minimum Gasteiger partial charge on any atom is -0.497 e. The van der Waals surface area contributed by atoms with Crippen LogP contribution < -0.4 is 9.47 Å². The zero-order valence-electron chi connectivity index (χ0n) is 11.4. The fourth-order valence-electron chi connectivity index (χ4n) is 1.96. The van der Waals surface area contributed by atoms with Crippen LogP contribution in [-0.4, -0.2) is 21.7 Å². The van der Waals surface area contributed by atoms with Crippen molar-refractivity contribution in [1.29, 1.82) is 0 Å². The maximum Gasteiger partial charge on any atom is 0.189 e. The summed E-state index contributed by atoms with van der Waals surface area (Å²) in [5, 5.41) is 4.38. The van der Waals surface area contributed by atoms with Crippen LogP contribution in [0.4, 0.5) is 0 Å². The van der Waals surface area contributed by atoms with E-state index >= 15 is 0 Å². The molecule has 1 aromatic carbocycles. The van der Waals surface area contributed by atoms with Gasteiger partial charge in [0.25, 0.3) is 0 Å². The lowest BCUT2D eigenvalue weighted by Gasteiger charge is -2.04. The average Bonchev–Trinajstić information content (AvgIpc) is 2.90. The third kappa shape index (κ3) is 2.42. The minimum atomic E-state index is 0.341. The van der Waals surface area contributed by atoms with Crippen molar-refractivity contribution in [3.63, 3.8) is 0 Å². The molecule has 0 unspecified atom stereocenters. The molecule has 0 saturated heterocycles. The number of rotatable bonds is 4. The predicted octanol–water partition coefficient (Wildman–Crippen LogP) is 2.63. The van der Waals surface area contributed by atoms with Crippen LogP contribution in [0.15, 0.2) is 42.6 Å². The highest BCUT2D eigenvalue weighted by molar-refractivity contribution is 5.45. The van der Waals surface area contributed by atoms with E-state index in [0.717, 1.165) is 22.7 Å². The lowest BCUT2D eigenvalue weighted by molar-refractivity contribution is 0.295. The van der Waals surface area contributed by atoms with Gasteiger partial charge >= 0.3 is 0 Å². The van der Waals surface area contributed by atoms with Crippen LogP contribution in [0.2, 0.25) is 0 Å². The molecule has 0 fully saturated rings. The number of hydrogen-bond acceptors (Lipinski definition) is 4. The summed E-state index contributed by atoms with van der Waals surface area (Å²) in [6.07, 6.45) is 1.88. The molecule has 3 aromatic rings. The van der Waals surface area contributed by atoms with Crippen LogP contribution in [0.25, 0.3) is 5.65 Å². The molecule has 0 spiro atoms. The van der Waals surface area contributed by atoms with E-state index < -0.39 is 0 Å². The minimum absolute atomic E-state index is 0.341. The van der Waals surface area contributed by atoms with Crippen molar-refractivity contribution < 1.29 is 9.47 Å². The molecule has 5 heteroatoms. The molecule has 0 N–H and O–H groups in total. The second kappa shape index (κ2) is 5.21. The molecule has 2 aromatic heterocycles. The Labute approximate surface area is 116 Å². The van der Waals surface area contributed by atoms with Gasteiger partial charge in [0.05, 0.1) is 7.11 Å². The monoisotopic (exact) mass is 269 g/mol. The third-order valence-electron chi connectivity index (χ3n) is 3.03. The molecule has 0 aliphatic heterocycles. The summed E-state index contributed by atoms with van der Waals surface area (Å²) in [6, 6.07) is 11.4. The Morgan fingerprint density at radius 3 is 2.55 bits per heavy atom. The van der Waals surface area contributed by atoms with Crippen LogP contribution in [0, 0.1) is 6.92 Å². The van der Waals surface area contributed by atoms with Crippen molar-refractivity contribution >= 4 is 5.65 Å². The third-order valence-corrected chi connectivity index (χ3v) is 3.03. The first kappa shape index (κ1) is 12.5. The Morgan fingerprint density at radius 1 is 1.10 bits per heavy atom. The van der Waals surface area contributed by atoms with E-state index in [1.165, 1.54) is 0 Å². The van der Waals surface area contributed by atoms with Crippen molar-refractivity contribution in [2.45, 2.75) is 13.5 Å². The molecule has 0 atom stereocenters. The Bertz CT molecular complexity index is 720. The van der Waals surface area contributed by atoms with E-state index in [9.17, 15) is 0 Å². The Hall–Kier alpha value is -2.56. The molecule has 5 nitrogen and oxygen atoms in total. The molecular weight excluding hydrogens is 254 g/mol. The Kier molecular flexibility index (Phi) is 3.25. The maximum absolute atomic E-state index is 5.67. The Balaban J connectivity index is 1.74. The van der Waals surface area contributed by atoms with Crippen molar-refractivity contribution in [1.82, 2.24) is 14.6 Å². The largest absolute Gasteiger partial charge is 0.497 e. The quantitative estimate of drug-likeness (QED) is 0.730. The van der Waals surface area contributed by atoms with Gasteiger partial charge in [-0.2, -0.15) is 0 Å². The van der Waals surface area contributed by atoms with Crippen LogP contribution >= 0.6 is 0 Å². The fourth-order valence-corrected chi connectivity index (χ4v) is 1.96. The van der Waals surface area contributed by atoms with Crippen molar-refractivity contribution in [2.75, 3.05) is 7.11 Å². The van der Waals surface area contributed by atoms with Gasteiger partial charge in [-0.1, -0.05) is 6.07 Å². The number of hydrogen-bond donors (Lipinski definition) is 0. The number of fused-ring (bicyclic) bond motifs is 1. The predicted molar refractivity (Wildman–Crippen MR) is 75.1 cm³/mol. The summed E-state index contributed by atoms with van der Waals surface area (Å²) in [7, 11) is 1.64. The van der Waals surface area contributed by atoms with Gasteiger partial charge < -0.3 is 9.47 Å². The highest BCUT2D eigenvalue weighted by Gasteiger charge is 2.06. The summed E-state index contributed by atoms with van der Waals surface area (Å²) in [6.45, 7) is 2.35. The lowest BCUT2D eigenvalue weighted by atomic mass is 10.3. The molecule has 0 amide bonds. The van der Waals surface area contributed by atoms with Crippen LogP contribution in [0.3, 0.4) is 0 Å². The van der Waals surface area contributed by atoms with Crippen molar-refractivity contribution in [3.05, 3.63) is 54.0 Å². The van der Waals surface area contributed by atoms with Crippen LogP contribution in [0.5, 0.6) is 11.5 Å². The van der Waals surface area contributed by atoms with Gasteiger partial charge in [-0.25, -0.2) is 9.50 Å². The highest BCUT2D eigenvalue weighted by atomic mass is 16.5. The number of aromatic nitrogens is 3. The van der Waals surface area contributed by atoms with Gasteiger partial charge in [0.2, 0.25) is 0 Å². The topological polar surface area (TPSA) is 48.7 Å². The van der Waals surface area contributed by atoms with Gasteiger partial charge in [-0.05, 0) is 42.8 Å². The van der Waals surface area contributed by atoms with Gasteiger partial charge in [0, 0.05) is 6.20 Å². The summed E-state index contributed by atoms with van der Waals surface area (Å²) >= 11 is 0. The second-order valence-corrected chi connectivity index (χ2v) is 4.45. The molecule has 2 heterocycles. The number of methoxy groups -OCH3 is 1. The first-order valence-corrected chi connectivity index (χ1v) is 6.34. The van der Waals surface area contributed by atoms with Crippen LogP contribution in [-0.2, 0) is 6.61 Å². The molecule has 102 valence electrons. The summed E-state index contributed by atoms with van der Waals surface area (Å²) in [5.41, 5.74) is 1.96. The normalized spacial score (nSPS) is 10.7. The molecule has 0 bridgehead atoms. The second-order valence-electron chi connectivity index (χ2n) is 4.45. The molecule has 0 saturated carbocycles. The molecule has 0 aliphatic rings. The summed E-state index contributed by atoms with van der Waals surface area (Å²) in [4.78, 5) is 4.46. The van der Waals surface area contributed by atoms with Gasteiger partial charge in [0.1, 0.15) is 18.1 Å². The SMILES string of the molecule is COc1ccc(OCc2nc3c(C)cccn3n2)cc1. The van der Waals surface area contributed by atoms with E-state index in [1.54, 1.807) is 11.6 Å². The number of ether oxygens (including phenoxy) is 2. The smallest absolute Gasteiger partial charge is 0.189 e. The van der Waals surface area contributed by atoms with E-state index in [1.807, 2.05) is 49.5 Å².